The molecule has 0 fully saturated rings. The van der Waals surface area contributed by atoms with E-state index in [1.807, 2.05) is 18.4 Å². The van der Waals surface area contributed by atoms with E-state index in [1.54, 1.807) is 28.7 Å². The molecule has 3 rings (SSSR count). The number of nitrogens with zero attached hydrogens (tertiary/aromatic N) is 3. The van der Waals surface area contributed by atoms with E-state index in [4.69, 9.17) is 0 Å². The summed E-state index contributed by atoms with van der Waals surface area (Å²) in [6.07, 6.45) is 8.64. The Hall–Kier alpha value is -1.62. The summed E-state index contributed by atoms with van der Waals surface area (Å²) < 4.78 is 1.80. The van der Waals surface area contributed by atoms with Crippen molar-refractivity contribution >= 4 is 11.8 Å². The fourth-order valence-corrected chi connectivity index (χ4v) is 3.23. The van der Waals surface area contributed by atoms with Crippen molar-refractivity contribution in [1.29, 1.82) is 0 Å². The van der Waals surface area contributed by atoms with Gasteiger partial charge in [-0.05, 0) is 37.1 Å². The van der Waals surface area contributed by atoms with Gasteiger partial charge in [0.05, 0.1) is 6.54 Å². The van der Waals surface area contributed by atoms with Crippen molar-refractivity contribution in [2.24, 2.45) is 0 Å². The summed E-state index contributed by atoms with van der Waals surface area (Å²) in [4.78, 5) is 20.5. The van der Waals surface area contributed by atoms with E-state index in [2.05, 4.69) is 9.97 Å². The second kappa shape index (κ2) is 5.17. The highest BCUT2D eigenvalue weighted by Crippen LogP contribution is 2.27. The molecule has 0 atom stereocenters. The van der Waals surface area contributed by atoms with Gasteiger partial charge < -0.3 is 0 Å². The zero-order chi connectivity index (χ0) is 13.2. The van der Waals surface area contributed by atoms with Gasteiger partial charge in [0.25, 0.3) is 0 Å². The Kier molecular flexibility index (Phi) is 3.38. The van der Waals surface area contributed by atoms with Crippen molar-refractivity contribution in [3.05, 3.63) is 51.8 Å². The molecule has 2 aromatic rings. The number of hydrogen-bond acceptors (Lipinski definition) is 4. The normalized spacial score (nSPS) is 13.5. The fourth-order valence-electron chi connectivity index (χ4n) is 2.59. The topological polar surface area (TPSA) is 47.8 Å². The zero-order valence-corrected chi connectivity index (χ0v) is 11.6. The van der Waals surface area contributed by atoms with E-state index < -0.39 is 0 Å². The molecule has 0 saturated carbocycles. The molecule has 0 unspecified atom stereocenters. The first-order valence-corrected chi connectivity index (χ1v) is 7.57. The lowest BCUT2D eigenvalue weighted by Gasteiger charge is -2.13. The lowest BCUT2D eigenvalue weighted by atomic mass is 10.2. The molecule has 0 amide bonds. The van der Waals surface area contributed by atoms with Gasteiger partial charge in [-0.15, -0.1) is 11.8 Å². The van der Waals surface area contributed by atoms with Gasteiger partial charge in [-0.25, -0.2) is 4.79 Å². The number of fused-ring (bicyclic) bond motifs is 1. The Balaban J connectivity index is 2.07. The molecule has 4 nitrogen and oxygen atoms in total. The van der Waals surface area contributed by atoms with E-state index >= 15 is 0 Å². The molecule has 98 valence electrons. The molecule has 0 N–H and O–H groups in total. The van der Waals surface area contributed by atoms with Crippen LogP contribution < -0.4 is 5.69 Å². The second-order valence-electron chi connectivity index (χ2n) is 4.63. The van der Waals surface area contributed by atoms with Crippen molar-refractivity contribution in [2.75, 3.05) is 6.26 Å². The third-order valence-corrected chi connectivity index (χ3v) is 4.18. The third kappa shape index (κ3) is 2.30. The lowest BCUT2D eigenvalue weighted by Crippen LogP contribution is -2.27. The van der Waals surface area contributed by atoms with Gasteiger partial charge in [0.1, 0.15) is 5.03 Å². The summed E-state index contributed by atoms with van der Waals surface area (Å²) in [6, 6.07) is 3.88. The minimum atomic E-state index is -0.145. The van der Waals surface area contributed by atoms with Crippen molar-refractivity contribution < 1.29 is 0 Å². The molecule has 1 aliphatic carbocycles. The number of pyridine rings is 1. The molecule has 0 aliphatic heterocycles. The summed E-state index contributed by atoms with van der Waals surface area (Å²) >= 11 is 1.57. The van der Waals surface area contributed by atoms with Crippen molar-refractivity contribution in [3.63, 3.8) is 0 Å². The number of aromatic nitrogens is 3. The van der Waals surface area contributed by atoms with Gasteiger partial charge in [0.2, 0.25) is 0 Å². The van der Waals surface area contributed by atoms with Crippen LogP contribution in [0.3, 0.4) is 0 Å². The molecule has 0 saturated heterocycles. The maximum atomic E-state index is 12.2. The highest BCUT2D eigenvalue weighted by Gasteiger charge is 2.21. The van der Waals surface area contributed by atoms with Crippen LogP contribution in [-0.2, 0) is 19.4 Å². The van der Waals surface area contributed by atoms with Gasteiger partial charge >= 0.3 is 5.69 Å². The Morgan fingerprint density at radius 2 is 2.32 bits per heavy atom. The lowest BCUT2D eigenvalue weighted by molar-refractivity contribution is 0.665. The van der Waals surface area contributed by atoms with Crippen LogP contribution in [0.4, 0.5) is 0 Å². The monoisotopic (exact) mass is 273 g/mol. The first kappa shape index (κ1) is 12.4. The van der Waals surface area contributed by atoms with Crippen LogP contribution in [0, 0.1) is 0 Å². The summed E-state index contributed by atoms with van der Waals surface area (Å²) in [6.45, 7) is 0.566. The zero-order valence-electron chi connectivity index (χ0n) is 10.8. The molecule has 0 bridgehead atoms. The molecule has 2 heterocycles. The molecule has 0 radical (unpaired) electrons. The molecule has 1 aliphatic rings. The maximum absolute atomic E-state index is 12.2. The van der Waals surface area contributed by atoms with Crippen molar-refractivity contribution in [1.82, 2.24) is 14.5 Å². The Bertz CT molecular complexity index is 652. The molecule has 19 heavy (non-hydrogen) atoms. The highest BCUT2D eigenvalue weighted by molar-refractivity contribution is 7.98. The summed E-state index contributed by atoms with van der Waals surface area (Å²) in [5.74, 6) is 0. The Morgan fingerprint density at radius 1 is 1.42 bits per heavy atom. The van der Waals surface area contributed by atoms with E-state index in [-0.39, 0.29) is 5.69 Å². The first-order valence-electron chi connectivity index (χ1n) is 6.35. The fraction of sp³-hybridized carbons (Fsp3) is 0.357. The van der Waals surface area contributed by atoms with Crippen LogP contribution >= 0.6 is 11.8 Å². The van der Waals surface area contributed by atoms with Crippen LogP contribution in [0.15, 0.2) is 34.3 Å². The summed E-state index contributed by atoms with van der Waals surface area (Å²) in [5, 5.41) is 0.903. The molecular weight excluding hydrogens is 258 g/mol. The number of hydrogen-bond donors (Lipinski definition) is 0. The van der Waals surface area contributed by atoms with Gasteiger partial charge in [-0.3, -0.25) is 9.55 Å². The molecule has 0 spiro atoms. The molecule has 2 aromatic heterocycles. The minimum Gasteiger partial charge on any atom is -0.291 e. The summed E-state index contributed by atoms with van der Waals surface area (Å²) in [5.41, 5.74) is 3.32. The van der Waals surface area contributed by atoms with Crippen LogP contribution in [-0.4, -0.2) is 20.8 Å². The third-order valence-electron chi connectivity index (χ3n) is 3.46. The Labute approximate surface area is 115 Å². The predicted molar refractivity (Wildman–Crippen MR) is 75.6 cm³/mol. The predicted octanol–water partition coefficient (Wildman–Crippen LogP) is 1.90. The largest absolute Gasteiger partial charge is 0.349 e. The second-order valence-corrected chi connectivity index (χ2v) is 5.42. The summed E-state index contributed by atoms with van der Waals surface area (Å²) in [7, 11) is 0. The van der Waals surface area contributed by atoms with Crippen LogP contribution in [0.1, 0.15) is 23.2 Å². The van der Waals surface area contributed by atoms with E-state index in [0.29, 0.717) is 6.54 Å². The Morgan fingerprint density at radius 3 is 3.05 bits per heavy atom. The standard InChI is InChI=1S/C14H15N3OS/c1-19-13-11-5-2-6-12(11)17(14(18)16-13)9-10-4-3-7-15-8-10/h3-4,7-8H,2,5-6,9H2,1H3. The first-order chi connectivity index (χ1) is 9.29. The smallest absolute Gasteiger partial charge is 0.291 e. The minimum absolute atomic E-state index is 0.145. The van der Waals surface area contributed by atoms with Crippen molar-refractivity contribution in [3.8, 4) is 0 Å². The van der Waals surface area contributed by atoms with E-state index in [0.717, 1.165) is 35.5 Å². The number of thioether (sulfide) groups is 1. The van der Waals surface area contributed by atoms with Gasteiger partial charge in [0.15, 0.2) is 0 Å². The SMILES string of the molecule is CSc1nc(=O)n(Cc2cccnc2)c2c1CCC2. The molecule has 5 heteroatoms. The maximum Gasteiger partial charge on any atom is 0.349 e. The van der Waals surface area contributed by atoms with Crippen LogP contribution in [0.25, 0.3) is 0 Å². The van der Waals surface area contributed by atoms with Gasteiger partial charge in [0, 0.05) is 23.7 Å². The van der Waals surface area contributed by atoms with Crippen LogP contribution in [0.2, 0.25) is 0 Å². The van der Waals surface area contributed by atoms with Gasteiger partial charge in [-0.1, -0.05) is 6.07 Å². The highest BCUT2D eigenvalue weighted by atomic mass is 32.2. The van der Waals surface area contributed by atoms with E-state index in [9.17, 15) is 4.79 Å². The van der Waals surface area contributed by atoms with Crippen LogP contribution in [0.5, 0.6) is 0 Å². The van der Waals surface area contributed by atoms with Crippen molar-refractivity contribution in [2.45, 2.75) is 30.8 Å². The van der Waals surface area contributed by atoms with E-state index in [1.165, 1.54) is 5.56 Å². The average molecular weight is 273 g/mol. The number of rotatable bonds is 3. The van der Waals surface area contributed by atoms with Gasteiger partial charge in [-0.2, -0.15) is 4.98 Å². The average Bonchev–Trinajstić information content (AvgIpc) is 2.92. The molecule has 0 aromatic carbocycles. The quantitative estimate of drug-likeness (QED) is 0.633. The molecular formula is C14H15N3OS.